The van der Waals surface area contributed by atoms with Crippen LogP contribution in [0, 0.1) is 0 Å². The second kappa shape index (κ2) is 3.91. The monoisotopic (exact) mass is 177 g/mol. The molecule has 0 saturated carbocycles. The van der Waals surface area contributed by atoms with Crippen molar-refractivity contribution >= 4 is 0 Å². The molecule has 70 valence electrons. The lowest BCUT2D eigenvalue weighted by Crippen LogP contribution is -2.03. The maximum Gasteiger partial charge on any atom is 0.332 e. The van der Waals surface area contributed by atoms with Gasteiger partial charge in [-0.2, -0.15) is 0 Å². The van der Waals surface area contributed by atoms with Crippen LogP contribution < -0.4 is 0 Å². The van der Waals surface area contributed by atoms with Crippen LogP contribution in [0.3, 0.4) is 0 Å². The van der Waals surface area contributed by atoms with Gasteiger partial charge in [0.2, 0.25) is 0 Å². The van der Waals surface area contributed by atoms with Crippen LogP contribution in [-0.2, 0) is 19.3 Å². The molecule has 1 nitrogen and oxygen atoms in total. The normalized spacial score (nSPS) is 15.5. The van der Waals surface area contributed by atoms with Crippen molar-refractivity contribution in [1.29, 1.82) is 0 Å². The SMILES string of the molecule is CCCc1ccc2c([o+]1)CCCC2. The van der Waals surface area contributed by atoms with Crippen LogP contribution in [-0.4, -0.2) is 0 Å². The Kier molecular flexibility index (Phi) is 2.62. The number of aryl methyl sites for hydroxylation is 3. The fraction of sp³-hybridized carbons (Fsp3) is 0.583. The lowest BCUT2D eigenvalue weighted by Gasteiger charge is -2.06. The first-order valence-corrected chi connectivity index (χ1v) is 5.34. The van der Waals surface area contributed by atoms with Gasteiger partial charge in [0.1, 0.15) is 0 Å². The van der Waals surface area contributed by atoms with E-state index in [9.17, 15) is 0 Å². The van der Waals surface area contributed by atoms with Crippen LogP contribution in [0.5, 0.6) is 0 Å². The van der Waals surface area contributed by atoms with Gasteiger partial charge in [-0.3, -0.25) is 0 Å². The van der Waals surface area contributed by atoms with Crippen molar-refractivity contribution in [2.45, 2.75) is 45.4 Å². The molecule has 1 aliphatic carbocycles. The molecule has 0 atom stereocenters. The highest BCUT2D eigenvalue weighted by Crippen LogP contribution is 2.22. The van der Waals surface area contributed by atoms with Gasteiger partial charge in [0, 0.05) is 6.07 Å². The summed E-state index contributed by atoms with van der Waals surface area (Å²) < 4.78 is 5.84. The number of fused-ring (bicyclic) bond motifs is 1. The Bertz CT molecular complexity index is 291. The first kappa shape index (κ1) is 8.74. The van der Waals surface area contributed by atoms with Gasteiger partial charge >= 0.3 is 11.5 Å². The Balaban J connectivity index is 2.24. The summed E-state index contributed by atoms with van der Waals surface area (Å²) in [5.74, 6) is 2.40. The average molecular weight is 177 g/mol. The standard InChI is InChI=1S/C12H17O/c1-2-5-11-9-8-10-6-3-4-7-12(10)13-11/h8-9H,2-7H2,1H3/q+1. The Morgan fingerprint density at radius 1 is 1.23 bits per heavy atom. The minimum Gasteiger partial charge on any atom is -0.218 e. The molecular weight excluding hydrogens is 160 g/mol. The fourth-order valence-electron chi connectivity index (χ4n) is 1.96. The van der Waals surface area contributed by atoms with Crippen LogP contribution in [0.15, 0.2) is 16.5 Å². The van der Waals surface area contributed by atoms with E-state index in [1.54, 1.807) is 0 Å². The van der Waals surface area contributed by atoms with E-state index >= 15 is 0 Å². The predicted octanol–water partition coefficient (Wildman–Crippen LogP) is 3.39. The molecule has 0 aromatic carbocycles. The van der Waals surface area contributed by atoms with Gasteiger partial charge in [-0.05, 0) is 31.7 Å². The maximum absolute atomic E-state index is 5.84. The van der Waals surface area contributed by atoms with E-state index in [1.807, 2.05) is 0 Å². The molecule has 0 bridgehead atoms. The minimum atomic E-state index is 1.08. The molecule has 1 heteroatoms. The zero-order valence-corrected chi connectivity index (χ0v) is 8.31. The Morgan fingerprint density at radius 3 is 2.92 bits per heavy atom. The van der Waals surface area contributed by atoms with Gasteiger partial charge in [-0.15, -0.1) is 0 Å². The molecule has 0 fully saturated rings. The topological polar surface area (TPSA) is 11.3 Å². The quantitative estimate of drug-likeness (QED) is 0.630. The van der Waals surface area contributed by atoms with E-state index < -0.39 is 0 Å². The molecule has 0 radical (unpaired) electrons. The van der Waals surface area contributed by atoms with E-state index in [0.29, 0.717) is 0 Å². The van der Waals surface area contributed by atoms with Crippen molar-refractivity contribution in [3.8, 4) is 0 Å². The number of hydrogen-bond donors (Lipinski definition) is 0. The van der Waals surface area contributed by atoms with E-state index in [1.165, 1.54) is 37.0 Å². The summed E-state index contributed by atoms with van der Waals surface area (Å²) in [6.45, 7) is 2.19. The van der Waals surface area contributed by atoms with Gasteiger partial charge < -0.3 is 0 Å². The van der Waals surface area contributed by atoms with Crippen molar-refractivity contribution < 1.29 is 4.42 Å². The summed E-state index contributed by atoms with van der Waals surface area (Å²) >= 11 is 0. The number of hydrogen-bond acceptors (Lipinski definition) is 0. The Morgan fingerprint density at radius 2 is 2.08 bits per heavy atom. The van der Waals surface area contributed by atoms with Crippen LogP contribution in [0.25, 0.3) is 0 Å². The fourth-order valence-corrected chi connectivity index (χ4v) is 1.96. The Hall–Kier alpha value is -0.850. The molecule has 0 spiro atoms. The highest BCUT2D eigenvalue weighted by molar-refractivity contribution is 5.21. The lowest BCUT2D eigenvalue weighted by molar-refractivity contribution is 0.417. The molecule has 0 aliphatic heterocycles. The summed E-state index contributed by atoms with van der Waals surface area (Å²) in [6, 6.07) is 4.40. The molecule has 0 unspecified atom stereocenters. The second-order valence-corrected chi connectivity index (χ2v) is 3.81. The summed E-state index contributed by atoms with van der Waals surface area (Å²) in [4.78, 5) is 0. The van der Waals surface area contributed by atoms with Gasteiger partial charge in [-0.25, -0.2) is 4.42 Å². The molecule has 0 saturated heterocycles. The van der Waals surface area contributed by atoms with Gasteiger partial charge in [-0.1, -0.05) is 6.92 Å². The molecule has 0 N–H and O–H groups in total. The highest BCUT2D eigenvalue weighted by atomic mass is 16.3. The van der Waals surface area contributed by atoms with Crippen LogP contribution >= 0.6 is 0 Å². The largest absolute Gasteiger partial charge is 0.332 e. The smallest absolute Gasteiger partial charge is 0.218 e. The van der Waals surface area contributed by atoms with E-state index in [2.05, 4.69) is 19.1 Å². The van der Waals surface area contributed by atoms with Crippen molar-refractivity contribution in [2.75, 3.05) is 0 Å². The van der Waals surface area contributed by atoms with Gasteiger partial charge in [0.15, 0.2) is 0 Å². The first-order chi connectivity index (χ1) is 6.40. The molecular formula is C12H17O+. The minimum absolute atomic E-state index is 1.08. The van der Waals surface area contributed by atoms with Crippen molar-refractivity contribution in [2.24, 2.45) is 0 Å². The molecule has 1 aromatic rings. The molecule has 13 heavy (non-hydrogen) atoms. The van der Waals surface area contributed by atoms with Crippen molar-refractivity contribution in [3.63, 3.8) is 0 Å². The highest BCUT2D eigenvalue weighted by Gasteiger charge is 2.21. The molecule has 1 aliphatic rings. The Labute approximate surface area is 79.8 Å². The zero-order valence-electron chi connectivity index (χ0n) is 8.31. The third-order valence-corrected chi connectivity index (χ3v) is 2.68. The van der Waals surface area contributed by atoms with Crippen LogP contribution in [0.4, 0.5) is 0 Å². The molecule has 2 rings (SSSR count). The first-order valence-electron chi connectivity index (χ1n) is 5.34. The second-order valence-electron chi connectivity index (χ2n) is 3.81. The summed E-state index contributed by atoms with van der Waals surface area (Å²) in [7, 11) is 0. The summed E-state index contributed by atoms with van der Waals surface area (Å²) in [6.07, 6.45) is 7.23. The van der Waals surface area contributed by atoms with E-state index in [-0.39, 0.29) is 0 Å². The maximum atomic E-state index is 5.84. The lowest BCUT2D eigenvalue weighted by atomic mass is 9.97. The van der Waals surface area contributed by atoms with E-state index in [0.717, 1.165) is 18.6 Å². The van der Waals surface area contributed by atoms with Gasteiger partial charge in [0.05, 0.1) is 18.4 Å². The van der Waals surface area contributed by atoms with Crippen LogP contribution in [0.2, 0.25) is 0 Å². The molecule has 1 aromatic heterocycles. The third-order valence-electron chi connectivity index (χ3n) is 2.68. The predicted molar refractivity (Wildman–Crippen MR) is 53.8 cm³/mol. The van der Waals surface area contributed by atoms with E-state index in [4.69, 9.17) is 4.42 Å². The molecule has 1 heterocycles. The average Bonchev–Trinajstić information content (AvgIpc) is 2.18. The summed E-state index contributed by atoms with van der Waals surface area (Å²) in [5.41, 5.74) is 1.44. The summed E-state index contributed by atoms with van der Waals surface area (Å²) in [5, 5.41) is 0. The van der Waals surface area contributed by atoms with Gasteiger partial charge in [0.25, 0.3) is 0 Å². The van der Waals surface area contributed by atoms with Crippen molar-refractivity contribution in [1.82, 2.24) is 0 Å². The third kappa shape index (κ3) is 1.90. The molecule has 0 amide bonds. The zero-order chi connectivity index (χ0) is 9.10. The number of rotatable bonds is 2. The van der Waals surface area contributed by atoms with Crippen LogP contribution in [0.1, 0.15) is 43.3 Å². The van der Waals surface area contributed by atoms with Crippen molar-refractivity contribution in [3.05, 3.63) is 29.2 Å².